The summed E-state index contributed by atoms with van der Waals surface area (Å²) in [5.74, 6) is 1.01. The van der Waals surface area contributed by atoms with Crippen LogP contribution in [-0.2, 0) is 0 Å². The molecule has 25 heavy (non-hydrogen) atoms. The van der Waals surface area contributed by atoms with Crippen molar-refractivity contribution in [3.05, 3.63) is 41.3 Å². The number of hydrogen-bond acceptors (Lipinski definition) is 5. The quantitative estimate of drug-likeness (QED) is 0.472. The van der Waals surface area contributed by atoms with E-state index in [1.165, 1.54) is 36.6 Å². The maximum absolute atomic E-state index is 12.6. The van der Waals surface area contributed by atoms with E-state index in [2.05, 4.69) is 21.4 Å². The van der Waals surface area contributed by atoms with Crippen molar-refractivity contribution in [3.63, 3.8) is 0 Å². The van der Waals surface area contributed by atoms with Gasteiger partial charge < -0.3 is 9.73 Å². The number of allylic oxidation sites excluding steroid dienone is 1. The molecule has 0 spiro atoms. The lowest BCUT2D eigenvalue weighted by atomic mass is 9.97. The molecule has 0 saturated carbocycles. The first kappa shape index (κ1) is 17.7. The van der Waals surface area contributed by atoms with Gasteiger partial charge in [-0.25, -0.2) is 9.97 Å². The van der Waals surface area contributed by atoms with Crippen LogP contribution in [0.5, 0.6) is 0 Å². The molecule has 0 bridgehead atoms. The average Bonchev–Trinajstić information content (AvgIpc) is 3.16. The summed E-state index contributed by atoms with van der Waals surface area (Å²) in [5, 5.41) is 3.69. The zero-order valence-corrected chi connectivity index (χ0v) is 15.5. The number of furan rings is 1. The van der Waals surface area contributed by atoms with Gasteiger partial charge in [0, 0.05) is 6.54 Å². The number of thioether (sulfide) groups is 1. The van der Waals surface area contributed by atoms with Gasteiger partial charge in [0.1, 0.15) is 5.03 Å². The number of rotatable bonds is 6. The van der Waals surface area contributed by atoms with Gasteiger partial charge in [0.25, 0.3) is 5.91 Å². The lowest BCUT2D eigenvalue weighted by molar-refractivity contribution is 0.0949. The Hall–Kier alpha value is -2.08. The zero-order valence-electron chi connectivity index (χ0n) is 14.7. The summed E-state index contributed by atoms with van der Waals surface area (Å²) in [6.07, 6.45) is 11.6. The number of carbonyl (C=O) groups excluding carboxylic acids is 1. The third-order valence-corrected chi connectivity index (χ3v) is 5.02. The van der Waals surface area contributed by atoms with Gasteiger partial charge in [-0.15, -0.1) is 11.8 Å². The Kier molecular flexibility index (Phi) is 5.91. The lowest BCUT2D eigenvalue weighted by Gasteiger charge is -2.14. The summed E-state index contributed by atoms with van der Waals surface area (Å²) < 4.78 is 5.37. The number of aromatic nitrogens is 2. The van der Waals surface area contributed by atoms with Gasteiger partial charge >= 0.3 is 0 Å². The van der Waals surface area contributed by atoms with Crippen LogP contribution in [-0.4, -0.2) is 28.7 Å². The molecule has 1 N–H and O–H groups in total. The number of nitrogens with one attached hydrogen (secondary N) is 1. The standard InChI is InChI=1S/C19H23N3O2S/c1-13-16(18(23)20-11-10-14-7-4-3-5-8-14)19(25-2)22-17(21-13)15-9-6-12-24-15/h6-7,9,12H,3-5,8,10-11H2,1-2H3,(H,20,23). The molecule has 3 rings (SSSR count). The summed E-state index contributed by atoms with van der Waals surface area (Å²) in [7, 11) is 0. The summed E-state index contributed by atoms with van der Waals surface area (Å²) >= 11 is 1.45. The predicted octanol–water partition coefficient (Wildman–Crippen LogP) is 4.39. The first-order valence-electron chi connectivity index (χ1n) is 8.61. The van der Waals surface area contributed by atoms with Crippen LogP contribution in [0.1, 0.15) is 48.2 Å². The molecule has 1 aliphatic rings. The van der Waals surface area contributed by atoms with Crippen LogP contribution in [0.15, 0.2) is 39.5 Å². The molecule has 0 unspecified atom stereocenters. The van der Waals surface area contributed by atoms with Gasteiger partial charge in [-0.05, 0) is 57.4 Å². The molecule has 0 radical (unpaired) electrons. The van der Waals surface area contributed by atoms with E-state index in [-0.39, 0.29) is 5.91 Å². The Labute approximate surface area is 152 Å². The number of nitrogens with zero attached hydrogens (tertiary/aromatic N) is 2. The van der Waals surface area contributed by atoms with Crippen molar-refractivity contribution in [1.82, 2.24) is 15.3 Å². The molecule has 1 amide bonds. The van der Waals surface area contributed by atoms with Crippen LogP contribution in [0.3, 0.4) is 0 Å². The van der Waals surface area contributed by atoms with E-state index < -0.39 is 0 Å². The van der Waals surface area contributed by atoms with Crippen molar-refractivity contribution in [1.29, 1.82) is 0 Å². The van der Waals surface area contributed by atoms with E-state index in [4.69, 9.17) is 4.42 Å². The molecule has 0 atom stereocenters. The molecule has 2 aromatic rings. The van der Waals surface area contributed by atoms with E-state index in [0.29, 0.717) is 34.4 Å². The number of carbonyl (C=O) groups is 1. The van der Waals surface area contributed by atoms with Crippen LogP contribution < -0.4 is 5.32 Å². The van der Waals surface area contributed by atoms with Crippen LogP contribution >= 0.6 is 11.8 Å². The topological polar surface area (TPSA) is 68.0 Å². The predicted molar refractivity (Wildman–Crippen MR) is 99.8 cm³/mol. The Morgan fingerprint density at radius 2 is 2.24 bits per heavy atom. The number of amides is 1. The molecule has 2 heterocycles. The van der Waals surface area contributed by atoms with Crippen LogP contribution in [0.2, 0.25) is 0 Å². The van der Waals surface area contributed by atoms with Crippen molar-refractivity contribution in [2.75, 3.05) is 12.8 Å². The van der Waals surface area contributed by atoms with E-state index in [9.17, 15) is 4.79 Å². The molecule has 1 aliphatic carbocycles. The summed E-state index contributed by atoms with van der Waals surface area (Å²) in [6.45, 7) is 2.49. The average molecular weight is 357 g/mol. The van der Waals surface area contributed by atoms with Gasteiger partial charge in [0.05, 0.1) is 17.5 Å². The third kappa shape index (κ3) is 4.31. The Morgan fingerprint density at radius 3 is 2.92 bits per heavy atom. The molecule has 6 heteroatoms. The highest BCUT2D eigenvalue weighted by atomic mass is 32.2. The van der Waals surface area contributed by atoms with Gasteiger partial charge in [-0.2, -0.15) is 0 Å². The van der Waals surface area contributed by atoms with Gasteiger partial charge in [-0.3, -0.25) is 4.79 Å². The number of hydrogen-bond donors (Lipinski definition) is 1. The molecule has 0 aliphatic heterocycles. The Bertz CT molecular complexity index is 769. The van der Waals surface area contributed by atoms with E-state index >= 15 is 0 Å². The van der Waals surface area contributed by atoms with Crippen LogP contribution in [0.4, 0.5) is 0 Å². The van der Waals surface area contributed by atoms with Crippen LogP contribution in [0, 0.1) is 6.92 Å². The molecule has 0 saturated heterocycles. The van der Waals surface area contributed by atoms with Crippen LogP contribution in [0.25, 0.3) is 11.6 Å². The van der Waals surface area contributed by atoms with Gasteiger partial charge in [0.15, 0.2) is 11.6 Å². The Morgan fingerprint density at radius 1 is 1.36 bits per heavy atom. The SMILES string of the molecule is CSc1nc(-c2ccco2)nc(C)c1C(=O)NCCC1=CCCCC1. The van der Waals surface area contributed by atoms with E-state index in [1.807, 2.05) is 19.2 Å². The maximum atomic E-state index is 12.6. The molecule has 2 aromatic heterocycles. The van der Waals surface area contributed by atoms with Crippen molar-refractivity contribution in [2.24, 2.45) is 0 Å². The highest BCUT2D eigenvalue weighted by molar-refractivity contribution is 7.98. The fraction of sp³-hybridized carbons (Fsp3) is 0.421. The van der Waals surface area contributed by atoms with E-state index in [0.717, 1.165) is 12.8 Å². The second kappa shape index (κ2) is 8.34. The first-order chi connectivity index (χ1) is 12.2. The highest BCUT2D eigenvalue weighted by Gasteiger charge is 2.19. The van der Waals surface area contributed by atoms with Gasteiger partial charge in [-0.1, -0.05) is 11.6 Å². The maximum Gasteiger partial charge on any atom is 0.255 e. The molecule has 5 nitrogen and oxygen atoms in total. The third-order valence-electron chi connectivity index (χ3n) is 4.34. The summed E-state index contributed by atoms with van der Waals surface area (Å²) in [5.41, 5.74) is 2.68. The fourth-order valence-electron chi connectivity index (χ4n) is 3.03. The second-order valence-electron chi connectivity index (χ2n) is 6.11. The monoisotopic (exact) mass is 357 g/mol. The van der Waals surface area contributed by atoms with Crippen molar-refractivity contribution < 1.29 is 9.21 Å². The van der Waals surface area contributed by atoms with Crippen molar-refractivity contribution in [2.45, 2.75) is 44.1 Å². The molecule has 0 fully saturated rings. The molecular formula is C19H23N3O2S. The smallest absolute Gasteiger partial charge is 0.255 e. The first-order valence-corrected chi connectivity index (χ1v) is 9.84. The fourth-order valence-corrected chi connectivity index (χ4v) is 3.65. The normalized spacial score (nSPS) is 14.2. The minimum absolute atomic E-state index is 0.107. The molecule has 0 aromatic carbocycles. The lowest BCUT2D eigenvalue weighted by Crippen LogP contribution is -2.27. The summed E-state index contributed by atoms with van der Waals surface area (Å²) in [6, 6.07) is 3.61. The second-order valence-corrected chi connectivity index (χ2v) is 6.90. The number of aryl methyl sites for hydroxylation is 1. The van der Waals surface area contributed by atoms with E-state index in [1.54, 1.807) is 12.3 Å². The zero-order chi connectivity index (χ0) is 17.6. The minimum atomic E-state index is -0.107. The highest BCUT2D eigenvalue weighted by Crippen LogP contribution is 2.25. The molecular weight excluding hydrogens is 334 g/mol. The molecule has 132 valence electrons. The minimum Gasteiger partial charge on any atom is -0.461 e. The summed E-state index contributed by atoms with van der Waals surface area (Å²) in [4.78, 5) is 21.6. The van der Waals surface area contributed by atoms with Crippen molar-refractivity contribution in [3.8, 4) is 11.6 Å². The van der Waals surface area contributed by atoms with Gasteiger partial charge in [0.2, 0.25) is 0 Å². The largest absolute Gasteiger partial charge is 0.461 e. The Balaban J connectivity index is 1.72. The van der Waals surface area contributed by atoms with Crippen molar-refractivity contribution >= 4 is 17.7 Å².